The number of ether oxygens (including phenoxy) is 1. The van der Waals surface area contributed by atoms with Crippen molar-refractivity contribution < 1.29 is 4.74 Å². The molecule has 2 atom stereocenters. The minimum absolute atomic E-state index is 0.501. The van der Waals surface area contributed by atoms with Crippen LogP contribution in [0.1, 0.15) is 33.6 Å². The highest BCUT2D eigenvalue weighted by Crippen LogP contribution is 2.32. The molecule has 0 aromatic rings. The molecule has 1 saturated carbocycles. The van der Waals surface area contributed by atoms with Gasteiger partial charge in [-0.1, -0.05) is 0 Å². The van der Waals surface area contributed by atoms with Gasteiger partial charge in [0.25, 0.3) is 0 Å². The number of nitrogens with one attached hydrogen (secondary N) is 1. The normalized spacial score (nSPS) is 22.2. The summed E-state index contributed by atoms with van der Waals surface area (Å²) in [7, 11) is 0. The maximum Gasteiger partial charge on any atom is 0.0616 e. The van der Waals surface area contributed by atoms with Crippen molar-refractivity contribution in [1.29, 1.82) is 0 Å². The fourth-order valence-electron chi connectivity index (χ4n) is 1.52. The van der Waals surface area contributed by atoms with Crippen molar-refractivity contribution in [2.75, 3.05) is 13.2 Å². The van der Waals surface area contributed by atoms with Gasteiger partial charge >= 0.3 is 0 Å². The summed E-state index contributed by atoms with van der Waals surface area (Å²) in [6.45, 7) is 8.17. The Kier molecular flexibility index (Phi) is 4.02. The Balaban J connectivity index is 2.03. The van der Waals surface area contributed by atoms with E-state index in [0.29, 0.717) is 12.1 Å². The fraction of sp³-hybridized carbons (Fsp3) is 1.00. The molecule has 1 aliphatic rings. The Labute approximate surface area is 75.7 Å². The molecule has 2 nitrogen and oxygen atoms in total. The largest absolute Gasteiger partial charge is 0.380 e. The van der Waals surface area contributed by atoms with Crippen molar-refractivity contribution in [2.45, 2.75) is 45.7 Å². The second-order valence-corrected chi connectivity index (χ2v) is 3.85. The first kappa shape index (κ1) is 10.0. The van der Waals surface area contributed by atoms with Crippen LogP contribution in [0.4, 0.5) is 0 Å². The van der Waals surface area contributed by atoms with Crippen molar-refractivity contribution in [1.82, 2.24) is 5.32 Å². The van der Waals surface area contributed by atoms with Crippen molar-refractivity contribution in [2.24, 2.45) is 5.92 Å². The molecule has 12 heavy (non-hydrogen) atoms. The topological polar surface area (TPSA) is 21.3 Å². The minimum Gasteiger partial charge on any atom is -0.380 e. The summed E-state index contributed by atoms with van der Waals surface area (Å²) >= 11 is 0. The van der Waals surface area contributed by atoms with E-state index in [-0.39, 0.29) is 0 Å². The van der Waals surface area contributed by atoms with Crippen molar-refractivity contribution in [3.05, 3.63) is 0 Å². The number of rotatable bonds is 6. The average Bonchev–Trinajstić information content (AvgIpc) is 2.82. The molecule has 0 aromatic heterocycles. The quantitative estimate of drug-likeness (QED) is 0.658. The van der Waals surface area contributed by atoms with E-state index in [1.807, 2.05) is 6.92 Å². The predicted octanol–water partition coefficient (Wildman–Crippen LogP) is 1.80. The Bertz CT molecular complexity index is 123. The molecule has 72 valence electrons. The maximum atomic E-state index is 5.33. The predicted molar refractivity (Wildman–Crippen MR) is 51.3 cm³/mol. The monoisotopic (exact) mass is 171 g/mol. The van der Waals surface area contributed by atoms with E-state index >= 15 is 0 Å². The molecule has 1 fully saturated rings. The molecule has 0 aromatic carbocycles. The zero-order valence-corrected chi connectivity index (χ0v) is 8.47. The van der Waals surface area contributed by atoms with Gasteiger partial charge in [0, 0.05) is 18.7 Å². The van der Waals surface area contributed by atoms with Gasteiger partial charge in [-0.3, -0.25) is 0 Å². The molecule has 0 spiro atoms. The molecule has 0 radical (unpaired) electrons. The van der Waals surface area contributed by atoms with Gasteiger partial charge < -0.3 is 10.1 Å². The van der Waals surface area contributed by atoms with Crippen molar-refractivity contribution in [3.63, 3.8) is 0 Å². The smallest absolute Gasteiger partial charge is 0.0616 e. The number of hydrogen-bond donors (Lipinski definition) is 1. The Morgan fingerprint density at radius 1 is 1.42 bits per heavy atom. The molecule has 0 amide bonds. The van der Waals surface area contributed by atoms with Crippen LogP contribution in [0.25, 0.3) is 0 Å². The van der Waals surface area contributed by atoms with Crippen LogP contribution >= 0.6 is 0 Å². The number of hydrogen-bond acceptors (Lipinski definition) is 2. The first-order valence-electron chi connectivity index (χ1n) is 5.07. The van der Waals surface area contributed by atoms with Crippen LogP contribution in [-0.2, 0) is 4.74 Å². The van der Waals surface area contributed by atoms with Crippen molar-refractivity contribution >= 4 is 0 Å². The highest BCUT2D eigenvalue weighted by Gasteiger charge is 2.28. The molecule has 1 rings (SSSR count). The van der Waals surface area contributed by atoms with Gasteiger partial charge in [-0.05, 0) is 39.5 Å². The first-order valence-corrected chi connectivity index (χ1v) is 5.07. The first-order chi connectivity index (χ1) is 5.74. The molecule has 0 saturated heterocycles. The van der Waals surface area contributed by atoms with E-state index in [9.17, 15) is 0 Å². The molecule has 2 heteroatoms. The van der Waals surface area contributed by atoms with E-state index in [1.54, 1.807) is 0 Å². The zero-order chi connectivity index (χ0) is 8.97. The third-order valence-corrected chi connectivity index (χ3v) is 2.45. The van der Waals surface area contributed by atoms with Gasteiger partial charge in [-0.15, -0.1) is 0 Å². The molecule has 2 unspecified atom stereocenters. The highest BCUT2D eigenvalue weighted by atomic mass is 16.5. The molecule has 1 aliphatic carbocycles. The SMILES string of the molecule is CCOCC(C)NC(C)C1CC1. The average molecular weight is 171 g/mol. The second kappa shape index (κ2) is 4.83. The van der Waals surface area contributed by atoms with Crippen LogP contribution in [0, 0.1) is 5.92 Å². The lowest BCUT2D eigenvalue weighted by Gasteiger charge is -2.19. The van der Waals surface area contributed by atoms with Gasteiger partial charge in [-0.25, -0.2) is 0 Å². The second-order valence-electron chi connectivity index (χ2n) is 3.85. The minimum atomic E-state index is 0.501. The third kappa shape index (κ3) is 3.55. The maximum absolute atomic E-state index is 5.33. The van der Waals surface area contributed by atoms with Gasteiger partial charge in [-0.2, -0.15) is 0 Å². The summed E-state index contributed by atoms with van der Waals surface area (Å²) in [5.41, 5.74) is 0. The summed E-state index contributed by atoms with van der Waals surface area (Å²) in [4.78, 5) is 0. The van der Waals surface area contributed by atoms with Gasteiger partial charge in [0.15, 0.2) is 0 Å². The molecule has 0 bridgehead atoms. The van der Waals surface area contributed by atoms with Crippen LogP contribution in [0.3, 0.4) is 0 Å². The van der Waals surface area contributed by atoms with Crippen LogP contribution in [0.15, 0.2) is 0 Å². The van der Waals surface area contributed by atoms with Gasteiger partial charge in [0.05, 0.1) is 6.61 Å². The summed E-state index contributed by atoms with van der Waals surface area (Å²) in [5, 5.41) is 3.55. The van der Waals surface area contributed by atoms with Crippen LogP contribution < -0.4 is 5.32 Å². The third-order valence-electron chi connectivity index (χ3n) is 2.45. The van der Waals surface area contributed by atoms with Crippen LogP contribution in [0.2, 0.25) is 0 Å². The lowest BCUT2D eigenvalue weighted by atomic mass is 10.2. The van der Waals surface area contributed by atoms with Crippen LogP contribution in [-0.4, -0.2) is 25.3 Å². The van der Waals surface area contributed by atoms with E-state index in [2.05, 4.69) is 19.2 Å². The standard InChI is InChI=1S/C10H21NO/c1-4-12-7-8(2)11-9(3)10-5-6-10/h8-11H,4-7H2,1-3H3. The highest BCUT2D eigenvalue weighted by molar-refractivity contribution is 4.84. The summed E-state index contributed by atoms with van der Waals surface area (Å²) in [6, 6.07) is 1.18. The zero-order valence-electron chi connectivity index (χ0n) is 8.47. The molecular weight excluding hydrogens is 150 g/mol. The van der Waals surface area contributed by atoms with Crippen molar-refractivity contribution in [3.8, 4) is 0 Å². The van der Waals surface area contributed by atoms with E-state index in [0.717, 1.165) is 19.1 Å². The summed E-state index contributed by atoms with van der Waals surface area (Å²) in [6.07, 6.45) is 2.82. The van der Waals surface area contributed by atoms with Gasteiger partial charge in [0.2, 0.25) is 0 Å². The van der Waals surface area contributed by atoms with Gasteiger partial charge in [0.1, 0.15) is 0 Å². The molecule has 1 N–H and O–H groups in total. The molecule has 0 heterocycles. The lowest BCUT2D eigenvalue weighted by molar-refractivity contribution is 0.123. The fourth-order valence-corrected chi connectivity index (χ4v) is 1.52. The Morgan fingerprint density at radius 2 is 2.08 bits per heavy atom. The summed E-state index contributed by atoms with van der Waals surface area (Å²) in [5.74, 6) is 0.939. The van der Waals surface area contributed by atoms with E-state index in [4.69, 9.17) is 4.74 Å². The Hall–Kier alpha value is -0.0800. The summed E-state index contributed by atoms with van der Waals surface area (Å²) < 4.78 is 5.33. The Morgan fingerprint density at radius 3 is 2.58 bits per heavy atom. The molecule has 0 aliphatic heterocycles. The lowest BCUT2D eigenvalue weighted by Crippen LogP contribution is -2.38. The molecular formula is C10H21NO. The van der Waals surface area contributed by atoms with Crippen LogP contribution in [0.5, 0.6) is 0 Å². The van der Waals surface area contributed by atoms with E-state index < -0.39 is 0 Å². The van der Waals surface area contributed by atoms with E-state index in [1.165, 1.54) is 12.8 Å².